The molecule has 0 bridgehead atoms. The number of rotatable bonds is 3. The van der Waals surface area contributed by atoms with Crippen molar-refractivity contribution in [3.63, 3.8) is 0 Å². The Morgan fingerprint density at radius 3 is 1.77 bits per heavy atom. The zero-order valence-corrected chi connectivity index (χ0v) is 17.4. The molecule has 0 saturated heterocycles. The highest BCUT2D eigenvalue weighted by Gasteiger charge is 2.36. The van der Waals surface area contributed by atoms with Crippen LogP contribution in [0.4, 0.5) is 0 Å². The highest BCUT2D eigenvalue weighted by Crippen LogP contribution is 2.32. The van der Waals surface area contributed by atoms with E-state index in [-0.39, 0.29) is 29.0 Å². The van der Waals surface area contributed by atoms with Gasteiger partial charge in [-0.25, -0.2) is 0 Å². The first-order valence-corrected chi connectivity index (χ1v) is 11.8. The van der Waals surface area contributed by atoms with Crippen LogP contribution in [0, 0.1) is 0 Å². The van der Waals surface area contributed by atoms with E-state index in [1.165, 1.54) is 36.4 Å². The SMILES string of the molecule is O=C1C(=CC=CCC=C2C(=O)c3ccccc3OS2(=O)=O)S(=O)(=O)Oc2ccccc21. The summed E-state index contributed by atoms with van der Waals surface area (Å²) in [6.45, 7) is 0. The number of carbonyl (C=O) groups excluding carboxylic acids is 2. The molecule has 2 aliphatic rings. The third-order valence-corrected chi connectivity index (χ3v) is 7.02. The molecule has 0 N–H and O–H groups in total. The summed E-state index contributed by atoms with van der Waals surface area (Å²) in [5.41, 5.74) is 0.248. The minimum atomic E-state index is -4.28. The number of benzene rings is 2. The van der Waals surface area contributed by atoms with Crippen molar-refractivity contribution in [2.45, 2.75) is 6.42 Å². The fraction of sp³-hybridized carbons (Fsp3) is 0.0476. The number of fused-ring (bicyclic) bond motifs is 2. The molecule has 0 spiro atoms. The predicted molar refractivity (Wildman–Crippen MR) is 111 cm³/mol. The minimum absolute atomic E-state index is 0.0265. The summed E-state index contributed by atoms with van der Waals surface area (Å²) in [6.07, 6.45) is 4.86. The van der Waals surface area contributed by atoms with Crippen LogP contribution in [0.25, 0.3) is 0 Å². The third kappa shape index (κ3) is 3.82. The summed E-state index contributed by atoms with van der Waals surface area (Å²) < 4.78 is 58.7. The lowest BCUT2D eigenvalue weighted by Crippen LogP contribution is -2.25. The van der Waals surface area contributed by atoms with Crippen LogP contribution in [0.5, 0.6) is 11.5 Å². The molecule has 2 aromatic carbocycles. The van der Waals surface area contributed by atoms with Gasteiger partial charge in [0.1, 0.15) is 4.91 Å². The fourth-order valence-corrected chi connectivity index (χ4v) is 5.20. The van der Waals surface area contributed by atoms with Crippen molar-refractivity contribution in [3.8, 4) is 11.5 Å². The van der Waals surface area contributed by atoms with Gasteiger partial charge in [-0.2, -0.15) is 16.8 Å². The summed E-state index contributed by atoms with van der Waals surface area (Å²) in [5, 5.41) is 0. The lowest BCUT2D eigenvalue weighted by molar-refractivity contribution is 0.102. The molecule has 158 valence electrons. The van der Waals surface area contributed by atoms with E-state index in [9.17, 15) is 26.4 Å². The highest BCUT2D eigenvalue weighted by atomic mass is 32.2. The predicted octanol–water partition coefficient (Wildman–Crippen LogP) is 2.91. The summed E-state index contributed by atoms with van der Waals surface area (Å²) in [7, 11) is -8.54. The standard InChI is InChI=1S/C21H14O8S2/c22-20-14-8-4-6-10-16(14)28-30(24,25)18(20)12-2-1-3-13-19-21(23)15-9-5-7-11-17(15)29-31(19,26)27/h1-2,4-13H,3H2. The summed E-state index contributed by atoms with van der Waals surface area (Å²) in [5.74, 6) is -1.48. The summed E-state index contributed by atoms with van der Waals surface area (Å²) in [4.78, 5) is 23.9. The van der Waals surface area contributed by atoms with E-state index in [2.05, 4.69) is 0 Å². The second-order valence-corrected chi connectivity index (χ2v) is 9.52. The Morgan fingerprint density at radius 2 is 1.19 bits per heavy atom. The van der Waals surface area contributed by atoms with Crippen LogP contribution in [-0.2, 0) is 20.2 Å². The van der Waals surface area contributed by atoms with Crippen LogP contribution in [0.1, 0.15) is 27.1 Å². The lowest BCUT2D eigenvalue weighted by Gasteiger charge is -2.17. The van der Waals surface area contributed by atoms with E-state index in [0.29, 0.717) is 0 Å². The number of para-hydroxylation sites is 2. The van der Waals surface area contributed by atoms with Gasteiger partial charge in [0.05, 0.1) is 11.1 Å². The first-order valence-electron chi connectivity index (χ1n) is 8.94. The van der Waals surface area contributed by atoms with Crippen LogP contribution in [0.2, 0.25) is 0 Å². The van der Waals surface area contributed by atoms with Crippen LogP contribution in [-0.4, -0.2) is 28.4 Å². The minimum Gasteiger partial charge on any atom is -0.378 e. The van der Waals surface area contributed by atoms with Crippen LogP contribution in [0.3, 0.4) is 0 Å². The quantitative estimate of drug-likeness (QED) is 0.508. The molecule has 0 unspecified atom stereocenters. The average molecular weight is 458 g/mol. The largest absolute Gasteiger partial charge is 0.378 e. The molecule has 2 aromatic rings. The van der Waals surface area contributed by atoms with E-state index in [4.69, 9.17) is 8.37 Å². The smallest absolute Gasteiger partial charge is 0.343 e. The molecule has 8 nitrogen and oxygen atoms in total. The number of hydrogen-bond donors (Lipinski definition) is 0. The number of ketones is 2. The molecule has 0 saturated carbocycles. The van der Waals surface area contributed by atoms with E-state index in [1.54, 1.807) is 24.3 Å². The third-order valence-electron chi connectivity index (χ3n) is 4.47. The summed E-state index contributed by atoms with van der Waals surface area (Å²) >= 11 is 0. The molecular formula is C21H14O8S2. The Balaban J connectivity index is 1.57. The zero-order chi connectivity index (χ0) is 22.2. The van der Waals surface area contributed by atoms with Gasteiger partial charge in [-0.1, -0.05) is 42.5 Å². The number of carbonyl (C=O) groups is 2. The zero-order valence-electron chi connectivity index (χ0n) is 15.7. The normalized spacial score (nSPS) is 21.4. The Morgan fingerprint density at radius 1 is 0.710 bits per heavy atom. The monoisotopic (exact) mass is 458 g/mol. The first kappa shape index (κ1) is 20.8. The number of hydrogen-bond acceptors (Lipinski definition) is 8. The molecule has 0 amide bonds. The lowest BCUT2D eigenvalue weighted by atomic mass is 10.1. The van der Waals surface area contributed by atoms with Gasteiger partial charge in [-0.15, -0.1) is 0 Å². The maximum absolute atomic E-state index is 12.5. The Hall–Kier alpha value is -3.50. The van der Waals surface area contributed by atoms with Crippen molar-refractivity contribution in [2.24, 2.45) is 0 Å². The molecule has 2 aliphatic heterocycles. The van der Waals surface area contributed by atoms with Gasteiger partial charge < -0.3 is 8.37 Å². The maximum Gasteiger partial charge on any atom is 0.343 e. The van der Waals surface area contributed by atoms with Gasteiger partial charge in [-0.05, 0) is 36.8 Å². The Kier molecular flexibility index (Phi) is 5.11. The van der Waals surface area contributed by atoms with E-state index < -0.39 is 41.6 Å². The Bertz CT molecular complexity index is 1410. The van der Waals surface area contributed by atoms with Gasteiger partial charge in [0.2, 0.25) is 11.6 Å². The van der Waals surface area contributed by atoms with E-state index in [0.717, 1.165) is 12.2 Å². The molecule has 0 atom stereocenters. The van der Waals surface area contributed by atoms with Crippen molar-refractivity contribution in [1.29, 1.82) is 0 Å². The summed E-state index contributed by atoms with van der Waals surface area (Å²) in [6, 6.07) is 11.9. The topological polar surface area (TPSA) is 121 Å². The van der Waals surface area contributed by atoms with Crippen molar-refractivity contribution in [3.05, 3.63) is 93.8 Å². The van der Waals surface area contributed by atoms with E-state index in [1.807, 2.05) is 0 Å². The van der Waals surface area contributed by atoms with Crippen molar-refractivity contribution < 1.29 is 34.8 Å². The van der Waals surface area contributed by atoms with Crippen molar-refractivity contribution in [2.75, 3.05) is 0 Å². The number of allylic oxidation sites excluding steroid dienone is 6. The molecule has 10 heteroatoms. The Labute approximate surface area is 178 Å². The van der Waals surface area contributed by atoms with Gasteiger partial charge in [0, 0.05) is 0 Å². The fourth-order valence-electron chi connectivity index (χ4n) is 3.04. The van der Waals surface area contributed by atoms with E-state index >= 15 is 0 Å². The molecule has 0 radical (unpaired) electrons. The second kappa shape index (κ2) is 7.64. The van der Waals surface area contributed by atoms with Gasteiger partial charge in [0.25, 0.3) is 0 Å². The van der Waals surface area contributed by atoms with Crippen molar-refractivity contribution in [1.82, 2.24) is 0 Å². The van der Waals surface area contributed by atoms with Crippen molar-refractivity contribution >= 4 is 31.8 Å². The molecule has 2 heterocycles. The van der Waals surface area contributed by atoms with Crippen LogP contribution >= 0.6 is 0 Å². The molecule has 0 fully saturated rings. The first-order chi connectivity index (χ1) is 14.7. The molecule has 0 aromatic heterocycles. The van der Waals surface area contributed by atoms with Gasteiger partial charge in [-0.3, -0.25) is 9.59 Å². The van der Waals surface area contributed by atoms with Crippen LogP contribution in [0.15, 0.2) is 82.6 Å². The molecular weight excluding hydrogens is 444 g/mol. The molecule has 4 rings (SSSR count). The number of Topliss-reactive ketones (excluding diaryl/α,β-unsaturated/α-hetero) is 2. The maximum atomic E-state index is 12.5. The molecule has 0 aliphatic carbocycles. The molecule has 31 heavy (non-hydrogen) atoms. The van der Waals surface area contributed by atoms with Gasteiger partial charge in [0.15, 0.2) is 16.4 Å². The van der Waals surface area contributed by atoms with Crippen LogP contribution < -0.4 is 8.37 Å². The second-order valence-electron chi connectivity index (χ2n) is 6.49. The average Bonchev–Trinajstić information content (AvgIpc) is 2.71. The van der Waals surface area contributed by atoms with Gasteiger partial charge >= 0.3 is 20.2 Å². The highest BCUT2D eigenvalue weighted by molar-refractivity contribution is 7.92.